The van der Waals surface area contributed by atoms with Gasteiger partial charge in [-0.05, 0) is 77.9 Å². The summed E-state index contributed by atoms with van der Waals surface area (Å²) < 4.78 is 23.4. The average Bonchev–Trinajstić information content (AvgIpc) is 3.16. The standard InChI is InChI=1S/C42H30O6/c1-45-33-17-9-15-31(25-33)39-23-27(21-37(47-39)29-11-5-3-6-12-29)19-35-41(43)36(42(35)44)20-28-22-38(30-13-7-4-8-14-30)48-40(24-28)32-16-10-18-34(26-32)46-2/h3-26H,1-2H3. The number of ether oxygens (including phenoxy) is 3. The zero-order valence-electron chi connectivity index (χ0n) is 26.3. The van der Waals surface area contributed by atoms with Gasteiger partial charge in [0, 0.05) is 22.3 Å². The normalized spacial score (nSPS) is 15.8. The lowest BCUT2D eigenvalue weighted by atomic mass is 9.85. The summed E-state index contributed by atoms with van der Waals surface area (Å²) in [7, 11) is 3.22. The van der Waals surface area contributed by atoms with Crippen LogP contribution in [0.25, 0.3) is 40.2 Å². The highest BCUT2D eigenvalue weighted by atomic mass is 16.5. The number of hydrogen-bond acceptors (Lipinski definition) is 5. The number of methoxy groups -OCH3 is 2. The highest BCUT2D eigenvalue weighted by Gasteiger charge is 2.28. The van der Waals surface area contributed by atoms with Gasteiger partial charge in [0.25, 0.3) is 0 Å². The summed E-state index contributed by atoms with van der Waals surface area (Å²) >= 11 is 0. The zero-order chi connectivity index (χ0) is 33.0. The van der Waals surface area contributed by atoms with Crippen LogP contribution in [-0.4, -0.2) is 20.0 Å². The first-order valence-corrected chi connectivity index (χ1v) is 15.4. The topological polar surface area (TPSA) is 79.1 Å². The van der Waals surface area contributed by atoms with Gasteiger partial charge >= 0.3 is 11.5 Å². The molecule has 2 heterocycles. The third-order valence-electron chi connectivity index (χ3n) is 8.06. The smallest absolute Gasteiger partial charge is 0.361 e. The molecule has 6 nitrogen and oxygen atoms in total. The lowest BCUT2D eigenvalue weighted by Gasteiger charge is -2.29. The summed E-state index contributed by atoms with van der Waals surface area (Å²) in [6, 6.07) is 38.1. The highest BCUT2D eigenvalue weighted by molar-refractivity contribution is 6.23. The van der Waals surface area contributed by atoms with E-state index in [1.807, 2.05) is 133 Å². The Bertz CT molecular complexity index is 2190. The third kappa shape index (κ3) is 6.19. The molecule has 0 spiro atoms. The number of benzene rings is 4. The number of rotatable bonds is 8. The van der Waals surface area contributed by atoms with Crippen molar-refractivity contribution in [3.05, 3.63) is 179 Å². The van der Waals surface area contributed by atoms with Crippen LogP contribution in [0.3, 0.4) is 0 Å². The van der Waals surface area contributed by atoms with E-state index in [9.17, 15) is 9.90 Å². The molecule has 0 saturated carbocycles. The van der Waals surface area contributed by atoms with Crippen LogP contribution >= 0.6 is 0 Å². The minimum Gasteiger partial charge on any atom is -0.871 e. The summed E-state index contributed by atoms with van der Waals surface area (Å²) in [5, 5.41) is 13.5. The van der Waals surface area contributed by atoms with Gasteiger partial charge in [-0.25, -0.2) is 4.42 Å². The molecule has 1 aromatic heterocycles. The Morgan fingerprint density at radius 2 is 1.17 bits per heavy atom. The van der Waals surface area contributed by atoms with E-state index in [-0.39, 0.29) is 22.7 Å². The van der Waals surface area contributed by atoms with Crippen molar-refractivity contribution in [2.75, 3.05) is 14.2 Å². The monoisotopic (exact) mass is 630 g/mol. The van der Waals surface area contributed by atoms with Gasteiger partial charge in [0.15, 0.2) is 5.78 Å². The van der Waals surface area contributed by atoms with Gasteiger partial charge in [0.2, 0.25) is 0 Å². The predicted molar refractivity (Wildman–Crippen MR) is 185 cm³/mol. The molecule has 234 valence electrons. The Morgan fingerprint density at radius 1 is 0.625 bits per heavy atom. The van der Waals surface area contributed by atoms with Crippen LogP contribution in [0.5, 0.6) is 11.5 Å². The zero-order valence-corrected chi connectivity index (χ0v) is 26.3. The Morgan fingerprint density at radius 3 is 1.79 bits per heavy atom. The fourth-order valence-electron chi connectivity index (χ4n) is 5.57. The first kappa shape index (κ1) is 30.3. The number of Topliss-reactive ketones (excluding diaryl/α,β-unsaturated/α-hetero) is 1. The molecule has 0 fully saturated rings. The molecule has 5 aromatic rings. The van der Waals surface area contributed by atoms with Crippen molar-refractivity contribution in [3.8, 4) is 34.1 Å². The molecule has 2 aliphatic rings. The molecule has 0 unspecified atom stereocenters. The third-order valence-corrected chi connectivity index (χ3v) is 8.06. The van der Waals surface area contributed by atoms with Crippen molar-refractivity contribution in [2.45, 2.75) is 0 Å². The lowest BCUT2D eigenvalue weighted by molar-refractivity contribution is -0.300. The molecule has 0 atom stereocenters. The minimum absolute atomic E-state index is 0.111. The van der Waals surface area contributed by atoms with Crippen LogP contribution in [-0.2, 0) is 9.53 Å². The molecular formula is C42H30O6. The first-order valence-electron chi connectivity index (χ1n) is 15.4. The molecule has 7 rings (SSSR count). The van der Waals surface area contributed by atoms with Crippen LogP contribution in [0, 0.1) is 0 Å². The quantitative estimate of drug-likeness (QED) is 0.126. The molecule has 0 bridgehead atoms. The molecule has 4 aromatic carbocycles. The fourth-order valence-corrected chi connectivity index (χ4v) is 5.57. The number of allylic oxidation sites excluding steroid dienone is 6. The van der Waals surface area contributed by atoms with Crippen LogP contribution in [0.1, 0.15) is 16.7 Å². The summed E-state index contributed by atoms with van der Waals surface area (Å²) in [4.78, 5) is 13.5. The average molecular weight is 631 g/mol. The van der Waals surface area contributed by atoms with Crippen molar-refractivity contribution >= 4 is 23.4 Å². The number of hydrogen-bond donors (Lipinski definition) is 0. The van der Waals surface area contributed by atoms with Crippen molar-refractivity contribution in [2.24, 2.45) is 0 Å². The molecule has 48 heavy (non-hydrogen) atoms. The van der Waals surface area contributed by atoms with Crippen molar-refractivity contribution in [3.63, 3.8) is 0 Å². The SMILES string of the molecule is COc1cccc(C2=CC(=CC3=C([O-])C(=Cc4cc(-c5ccccc5)[o+]c(-c5cccc(OC)c5)c4)C3=O)C=C(c3ccccc3)O2)c1. The van der Waals surface area contributed by atoms with E-state index in [0.717, 1.165) is 22.3 Å². The molecule has 0 radical (unpaired) electrons. The van der Waals surface area contributed by atoms with Gasteiger partial charge in [-0.1, -0.05) is 72.5 Å². The van der Waals surface area contributed by atoms with Crippen LogP contribution in [0.4, 0.5) is 0 Å². The second kappa shape index (κ2) is 13.1. The van der Waals surface area contributed by atoms with Gasteiger partial charge in [0.1, 0.15) is 23.0 Å². The first-order chi connectivity index (χ1) is 23.5. The Balaban J connectivity index is 1.28. The molecular weight excluding hydrogens is 600 g/mol. The Kier molecular flexibility index (Phi) is 8.29. The minimum atomic E-state index is -0.324. The van der Waals surface area contributed by atoms with Gasteiger partial charge in [-0.3, -0.25) is 4.79 Å². The Labute approximate surface area is 278 Å². The van der Waals surface area contributed by atoms with Crippen molar-refractivity contribution in [1.29, 1.82) is 0 Å². The highest BCUT2D eigenvalue weighted by Crippen LogP contribution is 2.37. The number of carbonyl (C=O) groups is 1. The maximum atomic E-state index is 13.5. The molecule has 0 saturated heterocycles. The van der Waals surface area contributed by atoms with Gasteiger partial charge in [-0.15, -0.1) is 0 Å². The van der Waals surface area contributed by atoms with Gasteiger partial charge in [0.05, 0.1) is 37.5 Å². The molecule has 0 N–H and O–H groups in total. The predicted octanol–water partition coefficient (Wildman–Crippen LogP) is 8.53. The van der Waals surface area contributed by atoms with E-state index in [4.69, 9.17) is 18.6 Å². The van der Waals surface area contributed by atoms with Crippen LogP contribution in [0.15, 0.2) is 166 Å². The summed E-state index contributed by atoms with van der Waals surface area (Å²) in [5.74, 6) is 3.07. The van der Waals surface area contributed by atoms with E-state index in [2.05, 4.69) is 0 Å². The van der Waals surface area contributed by atoms with Crippen molar-refractivity contribution < 1.29 is 28.5 Å². The lowest BCUT2D eigenvalue weighted by Crippen LogP contribution is -2.29. The molecule has 6 heteroatoms. The number of ketones is 1. The van der Waals surface area contributed by atoms with E-state index < -0.39 is 0 Å². The number of carbonyl (C=O) groups excluding carboxylic acids is 1. The van der Waals surface area contributed by atoms with Crippen LogP contribution in [0.2, 0.25) is 0 Å². The molecule has 1 aliphatic carbocycles. The van der Waals surface area contributed by atoms with E-state index >= 15 is 0 Å². The molecule has 0 amide bonds. The van der Waals surface area contributed by atoms with Crippen molar-refractivity contribution in [1.82, 2.24) is 0 Å². The summed E-state index contributed by atoms with van der Waals surface area (Å²) in [5.41, 5.74) is 4.88. The van der Waals surface area contributed by atoms with E-state index in [1.54, 1.807) is 26.4 Å². The molecule has 1 aliphatic heterocycles. The second-order valence-electron chi connectivity index (χ2n) is 11.2. The van der Waals surface area contributed by atoms with E-state index in [0.29, 0.717) is 45.7 Å². The summed E-state index contributed by atoms with van der Waals surface area (Å²) in [6.45, 7) is 0. The fraction of sp³-hybridized carbons (Fsp3) is 0.0476. The second-order valence-corrected chi connectivity index (χ2v) is 11.2. The summed E-state index contributed by atoms with van der Waals surface area (Å²) in [6.07, 6.45) is 6.91. The maximum Gasteiger partial charge on any atom is 0.361 e. The Hall–Kier alpha value is -6.40. The van der Waals surface area contributed by atoms with E-state index in [1.165, 1.54) is 0 Å². The largest absolute Gasteiger partial charge is 0.871 e. The van der Waals surface area contributed by atoms with Crippen LogP contribution < -0.4 is 14.6 Å². The van der Waals surface area contributed by atoms with Gasteiger partial charge in [-0.2, -0.15) is 0 Å². The maximum absolute atomic E-state index is 13.5. The van der Waals surface area contributed by atoms with Gasteiger partial charge < -0.3 is 19.3 Å².